The third-order valence-electron chi connectivity index (χ3n) is 2.00. The third-order valence-corrected chi connectivity index (χ3v) is 2.00. The highest BCUT2D eigenvalue weighted by Gasteiger charge is 2.19. The maximum Gasteiger partial charge on any atom is 0.133 e. The van der Waals surface area contributed by atoms with E-state index in [1.807, 2.05) is 0 Å². The first-order valence-corrected chi connectivity index (χ1v) is 4.10. The summed E-state index contributed by atoms with van der Waals surface area (Å²) in [5.41, 5.74) is 2.98. The van der Waals surface area contributed by atoms with E-state index in [0.29, 0.717) is 0 Å². The molecule has 0 atom stereocenters. The van der Waals surface area contributed by atoms with Crippen LogP contribution in [0.15, 0.2) is 12.5 Å². The van der Waals surface area contributed by atoms with Gasteiger partial charge in [-0.25, -0.2) is 0 Å². The normalized spacial score (nSPS) is 26.5. The van der Waals surface area contributed by atoms with Crippen molar-refractivity contribution in [2.45, 2.75) is 19.3 Å². The van der Waals surface area contributed by atoms with Gasteiger partial charge in [0.2, 0.25) is 0 Å². The highest BCUT2D eigenvalue weighted by Crippen LogP contribution is 2.11. The maximum absolute atomic E-state index is 5.16. The Hall–Kier alpha value is -0.740. The minimum atomic E-state index is 1.09. The van der Waals surface area contributed by atoms with Crippen LogP contribution in [-0.2, 0) is 4.84 Å². The molecule has 1 saturated heterocycles. The van der Waals surface area contributed by atoms with Gasteiger partial charge in [-0.15, -0.1) is 0 Å². The Morgan fingerprint density at radius 3 is 2.64 bits per heavy atom. The van der Waals surface area contributed by atoms with Crippen molar-refractivity contribution in [2.24, 2.45) is 0 Å². The predicted molar refractivity (Wildman–Crippen MR) is 40.6 cm³/mol. The smallest absolute Gasteiger partial charge is 0.133 e. The summed E-state index contributed by atoms with van der Waals surface area (Å²) in [6.07, 6.45) is 7.31. The number of rotatable bonds is 1. The molecule has 0 bridgehead atoms. The summed E-state index contributed by atoms with van der Waals surface area (Å²) in [6.45, 7) is 2.18. The third kappa shape index (κ3) is 1.46. The van der Waals surface area contributed by atoms with Gasteiger partial charge in [0, 0.05) is 18.4 Å². The van der Waals surface area contributed by atoms with Gasteiger partial charge < -0.3 is 4.84 Å². The number of nitrogens with zero attached hydrogens (tertiary/aromatic N) is 2. The summed E-state index contributed by atoms with van der Waals surface area (Å²) in [4.78, 5) is 5.16. The Morgan fingerprint density at radius 1 is 1.18 bits per heavy atom. The molecule has 2 aliphatic heterocycles. The molecule has 11 heavy (non-hydrogen) atoms. The fourth-order valence-electron chi connectivity index (χ4n) is 1.42. The highest BCUT2D eigenvalue weighted by molar-refractivity contribution is 4.72. The van der Waals surface area contributed by atoms with Crippen LogP contribution in [-0.4, -0.2) is 23.4 Å². The summed E-state index contributed by atoms with van der Waals surface area (Å²) in [6, 6.07) is 0. The molecule has 2 heterocycles. The highest BCUT2D eigenvalue weighted by atomic mass is 16.8. The largest absolute Gasteiger partial charge is 0.377 e. The van der Waals surface area contributed by atoms with Crippen LogP contribution in [0, 0.1) is 0 Å². The van der Waals surface area contributed by atoms with Crippen LogP contribution >= 0.6 is 0 Å². The molecule has 1 N–H and O–H groups in total. The molecule has 1 fully saturated rings. The van der Waals surface area contributed by atoms with E-state index in [-0.39, 0.29) is 0 Å². The molecular weight excluding hydrogens is 142 g/mol. The van der Waals surface area contributed by atoms with E-state index in [1.54, 1.807) is 17.7 Å². The lowest BCUT2D eigenvalue weighted by molar-refractivity contribution is -0.266. The molecule has 0 aromatic rings. The summed E-state index contributed by atoms with van der Waals surface area (Å²) >= 11 is 0. The van der Waals surface area contributed by atoms with E-state index in [0.717, 1.165) is 13.1 Å². The Morgan fingerprint density at radius 2 is 2.00 bits per heavy atom. The maximum atomic E-state index is 5.16. The number of piperidine rings is 1. The molecule has 0 aromatic carbocycles. The van der Waals surface area contributed by atoms with Crippen molar-refractivity contribution < 1.29 is 4.84 Å². The SMILES string of the molecule is C1=CON(N2CCCCC2)N1. The standard InChI is InChI=1S/C7H13N3O/c1-2-5-9(6-3-1)10-8-4-7-11-10/h4,7-8H,1-3,5-6H2. The topological polar surface area (TPSA) is 27.7 Å². The Bertz CT molecular complexity index is 146. The second-order valence-electron chi connectivity index (χ2n) is 2.82. The quantitative estimate of drug-likeness (QED) is 0.600. The molecule has 62 valence electrons. The van der Waals surface area contributed by atoms with Crippen LogP contribution in [0.1, 0.15) is 19.3 Å². The summed E-state index contributed by atoms with van der Waals surface area (Å²) in [7, 11) is 0. The molecule has 0 aliphatic carbocycles. The lowest BCUT2D eigenvalue weighted by Gasteiger charge is -2.31. The average molecular weight is 155 g/mol. The first-order chi connectivity index (χ1) is 5.47. The zero-order valence-corrected chi connectivity index (χ0v) is 6.49. The molecule has 2 rings (SSSR count). The lowest BCUT2D eigenvalue weighted by Crippen LogP contribution is -2.47. The molecule has 0 amide bonds. The molecule has 0 aromatic heterocycles. The molecule has 4 heteroatoms. The number of hydrazine groups is 2. The molecule has 0 saturated carbocycles. The average Bonchev–Trinajstić information content (AvgIpc) is 2.58. The number of nitrogens with one attached hydrogen (secondary N) is 1. The first-order valence-electron chi connectivity index (χ1n) is 4.10. The first kappa shape index (κ1) is 6.94. The van der Waals surface area contributed by atoms with Crippen LogP contribution in [0.5, 0.6) is 0 Å². The molecule has 4 nitrogen and oxygen atoms in total. The van der Waals surface area contributed by atoms with Gasteiger partial charge in [0.15, 0.2) is 0 Å². The molecule has 0 radical (unpaired) electrons. The van der Waals surface area contributed by atoms with Gasteiger partial charge in [0.05, 0.1) is 6.20 Å². The molecule has 2 aliphatic rings. The second kappa shape index (κ2) is 3.11. The Labute approximate surface area is 66.3 Å². The van der Waals surface area contributed by atoms with Crippen LogP contribution < -0.4 is 5.43 Å². The van der Waals surface area contributed by atoms with Crippen LogP contribution in [0.3, 0.4) is 0 Å². The van der Waals surface area contributed by atoms with Crippen molar-refractivity contribution in [3.63, 3.8) is 0 Å². The summed E-state index contributed by atoms with van der Waals surface area (Å²) < 4.78 is 0. The van der Waals surface area contributed by atoms with Crippen LogP contribution in [0.2, 0.25) is 0 Å². The van der Waals surface area contributed by atoms with Crippen molar-refractivity contribution in [1.82, 2.24) is 15.7 Å². The minimum Gasteiger partial charge on any atom is -0.377 e. The van der Waals surface area contributed by atoms with E-state index in [2.05, 4.69) is 10.4 Å². The summed E-state index contributed by atoms with van der Waals surface area (Å²) in [5, 5.41) is 3.86. The lowest BCUT2D eigenvalue weighted by atomic mass is 10.2. The molecule has 0 spiro atoms. The van der Waals surface area contributed by atoms with Gasteiger partial charge in [0.25, 0.3) is 0 Å². The van der Waals surface area contributed by atoms with E-state index >= 15 is 0 Å². The van der Waals surface area contributed by atoms with Gasteiger partial charge in [0.1, 0.15) is 6.26 Å². The zero-order valence-electron chi connectivity index (χ0n) is 6.49. The van der Waals surface area contributed by atoms with Gasteiger partial charge in [-0.05, 0) is 12.8 Å². The van der Waals surface area contributed by atoms with Crippen molar-refractivity contribution in [1.29, 1.82) is 0 Å². The Kier molecular flexibility index (Phi) is 1.96. The monoisotopic (exact) mass is 155 g/mol. The van der Waals surface area contributed by atoms with Gasteiger partial charge in [-0.3, -0.25) is 5.43 Å². The second-order valence-corrected chi connectivity index (χ2v) is 2.82. The van der Waals surface area contributed by atoms with Crippen molar-refractivity contribution >= 4 is 0 Å². The Balaban J connectivity index is 1.83. The van der Waals surface area contributed by atoms with E-state index in [1.165, 1.54) is 19.3 Å². The summed E-state index contributed by atoms with van der Waals surface area (Å²) in [5.74, 6) is 0. The van der Waals surface area contributed by atoms with Crippen LogP contribution in [0.25, 0.3) is 0 Å². The number of hydrogen-bond acceptors (Lipinski definition) is 4. The van der Waals surface area contributed by atoms with Gasteiger partial charge in [-0.1, -0.05) is 6.42 Å². The van der Waals surface area contributed by atoms with Crippen molar-refractivity contribution in [3.05, 3.63) is 12.5 Å². The van der Waals surface area contributed by atoms with Crippen LogP contribution in [0.4, 0.5) is 0 Å². The van der Waals surface area contributed by atoms with Gasteiger partial charge in [-0.2, -0.15) is 5.01 Å². The molecular formula is C7H13N3O. The fourth-order valence-corrected chi connectivity index (χ4v) is 1.42. The van der Waals surface area contributed by atoms with E-state index in [4.69, 9.17) is 4.84 Å². The van der Waals surface area contributed by atoms with Gasteiger partial charge >= 0.3 is 0 Å². The zero-order chi connectivity index (χ0) is 7.52. The number of hydrogen-bond donors (Lipinski definition) is 1. The van der Waals surface area contributed by atoms with Crippen molar-refractivity contribution in [3.8, 4) is 0 Å². The minimum absolute atomic E-state index is 1.09. The van der Waals surface area contributed by atoms with E-state index in [9.17, 15) is 0 Å². The van der Waals surface area contributed by atoms with E-state index < -0.39 is 0 Å². The molecule has 0 unspecified atom stereocenters. The fraction of sp³-hybridized carbons (Fsp3) is 0.714. The predicted octanol–water partition coefficient (Wildman–Crippen LogP) is 0.610. The van der Waals surface area contributed by atoms with Crippen molar-refractivity contribution in [2.75, 3.05) is 13.1 Å².